The molecule has 1 fully saturated rings. The molecule has 0 spiro atoms. The van der Waals surface area contributed by atoms with Gasteiger partial charge in [-0.05, 0) is 18.3 Å². The monoisotopic (exact) mass is 244 g/mol. The van der Waals surface area contributed by atoms with Crippen molar-refractivity contribution in [1.29, 1.82) is 0 Å². The fraction of sp³-hybridized carbons (Fsp3) is 0.111. The Morgan fingerprint density at radius 1 is 1.47 bits per heavy atom. The molecule has 1 saturated heterocycles. The summed E-state index contributed by atoms with van der Waals surface area (Å²) in [5.74, 6) is -0.974. The highest BCUT2D eigenvalue weighted by Crippen LogP contribution is 2.24. The fourth-order valence-electron chi connectivity index (χ4n) is 1.38. The van der Waals surface area contributed by atoms with Crippen molar-refractivity contribution in [3.8, 4) is 0 Å². The quantitative estimate of drug-likeness (QED) is 0.736. The van der Waals surface area contributed by atoms with Crippen LogP contribution in [0.4, 0.5) is 4.39 Å². The van der Waals surface area contributed by atoms with E-state index in [1.807, 2.05) is 0 Å². The summed E-state index contributed by atoms with van der Waals surface area (Å²) < 4.78 is 13.6. The average Bonchev–Trinajstić information content (AvgIpc) is 2.50. The summed E-state index contributed by atoms with van der Waals surface area (Å²) in [5.41, 5.74) is 0.194. The number of benzene rings is 1. The van der Waals surface area contributed by atoms with Crippen molar-refractivity contribution in [1.82, 2.24) is 10.6 Å². The molecule has 1 aromatic carbocycles. The van der Waals surface area contributed by atoms with Gasteiger partial charge >= 0.3 is 0 Å². The minimum Gasteiger partial charge on any atom is -0.347 e. The third-order valence-corrected chi connectivity index (χ3v) is 2.58. The molecule has 1 heterocycles. The Labute approximate surface area is 95.6 Å². The van der Waals surface area contributed by atoms with Gasteiger partial charge < -0.3 is 10.6 Å². The number of carbonyl (C=O) groups excluding carboxylic acids is 1. The Bertz CT molecular complexity index is 452. The normalized spacial score (nSPS) is 20.0. The van der Waals surface area contributed by atoms with Gasteiger partial charge in [-0.3, -0.25) is 4.79 Å². The van der Waals surface area contributed by atoms with E-state index < -0.39 is 11.9 Å². The first-order chi connectivity index (χ1) is 7.09. The Balaban J connectivity index is 2.42. The number of halogens is 2. The predicted molar refractivity (Wildman–Crippen MR) is 58.0 cm³/mol. The van der Waals surface area contributed by atoms with Gasteiger partial charge in [-0.25, -0.2) is 4.39 Å². The maximum absolute atomic E-state index is 13.6. The lowest BCUT2D eigenvalue weighted by Gasteiger charge is -2.09. The highest BCUT2D eigenvalue weighted by molar-refractivity contribution is 7.80. The lowest BCUT2D eigenvalue weighted by molar-refractivity contribution is -0.120. The lowest BCUT2D eigenvalue weighted by Crippen LogP contribution is -2.21. The Morgan fingerprint density at radius 2 is 2.20 bits per heavy atom. The largest absolute Gasteiger partial charge is 0.347 e. The Kier molecular flexibility index (Phi) is 2.58. The molecule has 78 valence electrons. The molecule has 0 bridgehead atoms. The lowest BCUT2D eigenvalue weighted by atomic mass is 10.1. The van der Waals surface area contributed by atoms with Crippen LogP contribution in [0.25, 0.3) is 0 Å². The van der Waals surface area contributed by atoms with Crippen molar-refractivity contribution in [3.63, 3.8) is 0 Å². The molecular formula is C9H6ClFN2OS. The highest BCUT2D eigenvalue weighted by Gasteiger charge is 2.31. The topological polar surface area (TPSA) is 41.1 Å². The summed E-state index contributed by atoms with van der Waals surface area (Å²) in [4.78, 5) is 11.4. The van der Waals surface area contributed by atoms with Crippen molar-refractivity contribution in [2.24, 2.45) is 0 Å². The zero-order chi connectivity index (χ0) is 11.0. The van der Waals surface area contributed by atoms with Crippen LogP contribution in [-0.4, -0.2) is 11.0 Å². The minimum atomic E-state index is -0.795. The summed E-state index contributed by atoms with van der Waals surface area (Å²) in [6.45, 7) is 0. The number of nitrogens with one attached hydrogen (secondary N) is 2. The van der Waals surface area contributed by atoms with Crippen LogP contribution in [0.5, 0.6) is 0 Å². The van der Waals surface area contributed by atoms with Crippen molar-refractivity contribution >= 4 is 34.8 Å². The molecule has 2 rings (SSSR count). The van der Waals surface area contributed by atoms with Crippen molar-refractivity contribution in [2.75, 3.05) is 0 Å². The van der Waals surface area contributed by atoms with Crippen LogP contribution in [0, 0.1) is 5.82 Å². The van der Waals surface area contributed by atoms with Gasteiger partial charge in [0.1, 0.15) is 11.9 Å². The fourth-order valence-corrected chi connectivity index (χ4v) is 1.78. The maximum Gasteiger partial charge on any atom is 0.253 e. The van der Waals surface area contributed by atoms with E-state index in [2.05, 4.69) is 10.6 Å². The van der Waals surface area contributed by atoms with E-state index in [9.17, 15) is 9.18 Å². The first kappa shape index (κ1) is 10.3. The van der Waals surface area contributed by atoms with Crippen LogP contribution in [0.15, 0.2) is 18.2 Å². The number of hydrogen-bond donors (Lipinski definition) is 2. The van der Waals surface area contributed by atoms with Gasteiger partial charge in [-0.2, -0.15) is 0 Å². The SMILES string of the molecule is O=C1NC(=S)NC1c1cccc(Cl)c1F. The van der Waals surface area contributed by atoms with Crippen LogP contribution in [0.3, 0.4) is 0 Å². The van der Waals surface area contributed by atoms with E-state index in [0.717, 1.165) is 0 Å². The molecule has 1 amide bonds. The molecular weight excluding hydrogens is 239 g/mol. The Hall–Kier alpha value is -1.20. The summed E-state index contributed by atoms with van der Waals surface area (Å²) in [6, 6.07) is 3.70. The van der Waals surface area contributed by atoms with Gasteiger partial charge in [-0.15, -0.1) is 0 Å². The minimum absolute atomic E-state index is 0.0140. The van der Waals surface area contributed by atoms with Crippen LogP contribution in [-0.2, 0) is 4.79 Å². The second-order valence-electron chi connectivity index (χ2n) is 3.04. The molecule has 1 atom stereocenters. The Morgan fingerprint density at radius 3 is 2.80 bits per heavy atom. The van der Waals surface area contributed by atoms with Gasteiger partial charge in [0.25, 0.3) is 5.91 Å². The number of thiocarbonyl (C=S) groups is 1. The van der Waals surface area contributed by atoms with E-state index in [0.29, 0.717) is 0 Å². The van der Waals surface area contributed by atoms with Crippen molar-refractivity contribution in [2.45, 2.75) is 6.04 Å². The molecule has 1 aliphatic heterocycles. The second kappa shape index (κ2) is 3.75. The molecule has 0 radical (unpaired) electrons. The summed E-state index contributed by atoms with van der Waals surface area (Å²) >= 11 is 10.4. The molecule has 0 aliphatic carbocycles. The van der Waals surface area contributed by atoms with Gasteiger partial charge in [0, 0.05) is 5.56 Å². The van der Waals surface area contributed by atoms with Crippen LogP contribution in [0.2, 0.25) is 5.02 Å². The van der Waals surface area contributed by atoms with Gasteiger partial charge in [0.05, 0.1) is 5.02 Å². The van der Waals surface area contributed by atoms with E-state index in [-0.39, 0.29) is 21.6 Å². The third kappa shape index (κ3) is 1.80. The zero-order valence-corrected chi connectivity index (χ0v) is 8.95. The molecule has 1 aromatic rings. The molecule has 15 heavy (non-hydrogen) atoms. The maximum atomic E-state index is 13.6. The molecule has 3 nitrogen and oxygen atoms in total. The van der Waals surface area contributed by atoms with Crippen molar-refractivity contribution < 1.29 is 9.18 Å². The molecule has 0 saturated carbocycles. The summed E-state index contributed by atoms with van der Waals surface area (Å²) in [6.07, 6.45) is 0. The van der Waals surface area contributed by atoms with Crippen molar-refractivity contribution in [3.05, 3.63) is 34.6 Å². The summed E-state index contributed by atoms with van der Waals surface area (Å²) in [5, 5.41) is 5.23. The number of hydrogen-bond acceptors (Lipinski definition) is 2. The van der Waals surface area contributed by atoms with Crippen LogP contribution < -0.4 is 10.6 Å². The summed E-state index contributed by atoms with van der Waals surface area (Å²) in [7, 11) is 0. The molecule has 2 N–H and O–H groups in total. The van der Waals surface area contributed by atoms with Gasteiger partial charge in [-0.1, -0.05) is 23.7 Å². The number of amides is 1. The average molecular weight is 245 g/mol. The predicted octanol–water partition coefficient (Wildman–Crippen LogP) is 1.52. The number of carbonyl (C=O) groups is 1. The van der Waals surface area contributed by atoms with Gasteiger partial charge in [0.2, 0.25) is 0 Å². The first-order valence-corrected chi connectivity index (χ1v) is 4.93. The van der Waals surface area contributed by atoms with E-state index in [1.54, 1.807) is 6.07 Å². The second-order valence-corrected chi connectivity index (χ2v) is 3.85. The first-order valence-electron chi connectivity index (χ1n) is 4.15. The van der Waals surface area contributed by atoms with E-state index in [1.165, 1.54) is 12.1 Å². The highest BCUT2D eigenvalue weighted by atomic mass is 35.5. The van der Waals surface area contributed by atoms with Crippen LogP contribution >= 0.6 is 23.8 Å². The van der Waals surface area contributed by atoms with Crippen LogP contribution in [0.1, 0.15) is 11.6 Å². The zero-order valence-electron chi connectivity index (χ0n) is 7.38. The molecule has 0 aromatic heterocycles. The number of rotatable bonds is 1. The third-order valence-electron chi connectivity index (χ3n) is 2.07. The van der Waals surface area contributed by atoms with E-state index in [4.69, 9.17) is 23.8 Å². The molecule has 1 unspecified atom stereocenters. The standard InChI is InChI=1S/C9H6ClFN2OS/c10-5-3-1-2-4(6(5)11)7-8(14)13-9(15)12-7/h1-3,7H,(H2,12,13,14,15). The smallest absolute Gasteiger partial charge is 0.253 e. The molecule has 6 heteroatoms. The van der Waals surface area contributed by atoms with Gasteiger partial charge in [0.15, 0.2) is 5.11 Å². The molecule has 1 aliphatic rings. The van der Waals surface area contributed by atoms with E-state index >= 15 is 0 Å².